The van der Waals surface area contributed by atoms with Crippen LogP contribution in [0.5, 0.6) is 0 Å². The summed E-state index contributed by atoms with van der Waals surface area (Å²) in [6.45, 7) is 9.48. The van der Waals surface area contributed by atoms with Crippen molar-refractivity contribution in [3.63, 3.8) is 0 Å². The Morgan fingerprint density at radius 1 is 1.12 bits per heavy atom. The minimum absolute atomic E-state index is 0.176. The summed E-state index contributed by atoms with van der Waals surface area (Å²) in [5.74, 6) is 0.216. The van der Waals surface area contributed by atoms with Crippen LogP contribution in [0.2, 0.25) is 0 Å². The van der Waals surface area contributed by atoms with Gasteiger partial charge < -0.3 is 0 Å². The molecule has 0 saturated heterocycles. The number of rotatable bonds is 8. The molecule has 1 aliphatic rings. The molecule has 4 heteroatoms. The van der Waals surface area contributed by atoms with Crippen molar-refractivity contribution < 1.29 is 4.79 Å². The van der Waals surface area contributed by atoms with Gasteiger partial charge in [0.25, 0.3) is 5.91 Å². The van der Waals surface area contributed by atoms with E-state index in [9.17, 15) is 4.79 Å². The number of carbonyl (C=O) groups excluding carboxylic acids is 1. The summed E-state index contributed by atoms with van der Waals surface area (Å²) in [7, 11) is 0. The molecule has 3 rings (SSSR count). The fourth-order valence-electron chi connectivity index (χ4n) is 4.32. The number of nitrogens with zero attached hydrogens (tertiary/aromatic N) is 1. The molecule has 1 amide bonds. The number of hydrogen-bond donors (Lipinski definition) is 2. The summed E-state index contributed by atoms with van der Waals surface area (Å²) in [6, 6.07) is 19.3. The van der Waals surface area contributed by atoms with Gasteiger partial charge in [0.1, 0.15) is 6.04 Å². The van der Waals surface area contributed by atoms with Crippen LogP contribution in [0.1, 0.15) is 57.7 Å². The first kappa shape index (κ1) is 23.7. The molecule has 0 aliphatic heterocycles. The van der Waals surface area contributed by atoms with Crippen LogP contribution in [0.25, 0.3) is 0 Å². The van der Waals surface area contributed by atoms with Gasteiger partial charge in [0, 0.05) is 18.7 Å². The third-order valence-corrected chi connectivity index (χ3v) is 6.21. The first-order valence-electron chi connectivity index (χ1n) is 11.4. The van der Waals surface area contributed by atoms with E-state index in [1.54, 1.807) is 6.21 Å². The fraction of sp³-hybridized carbons (Fsp3) is 0.357. The van der Waals surface area contributed by atoms with Crippen molar-refractivity contribution in [2.24, 2.45) is 16.4 Å². The predicted molar refractivity (Wildman–Crippen MR) is 133 cm³/mol. The summed E-state index contributed by atoms with van der Waals surface area (Å²) in [6.07, 6.45) is 8.67. The van der Waals surface area contributed by atoms with E-state index in [1.807, 2.05) is 67.6 Å². The highest BCUT2D eigenvalue weighted by molar-refractivity contribution is 5.85. The Hall–Kier alpha value is -2.98. The second-order valence-electron chi connectivity index (χ2n) is 9.31. The summed E-state index contributed by atoms with van der Waals surface area (Å²) in [4.78, 5) is 13.0. The van der Waals surface area contributed by atoms with E-state index in [0.29, 0.717) is 12.5 Å². The van der Waals surface area contributed by atoms with E-state index < -0.39 is 6.04 Å². The lowest BCUT2D eigenvalue weighted by molar-refractivity contribution is -0.123. The van der Waals surface area contributed by atoms with Crippen molar-refractivity contribution in [1.82, 2.24) is 10.7 Å². The van der Waals surface area contributed by atoms with Crippen LogP contribution >= 0.6 is 0 Å². The molecule has 0 radical (unpaired) electrons. The third-order valence-electron chi connectivity index (χ3n) is 6.21. The van der Waals surface area contributed by atoms with Crippen LogP contribution in [0, 0.1) is 11.3 Å². The highest BCUT2D eigenvalue weighted by Crippen LogP contribution is 2.41. The Labute approximate surface area is 192 Å². The van der Waals surface area contributed by atoms with Gasteiger partial charge in [-0.1, -0.05) is 92.2 Å². The lowest BCUT2D eigenvalue weighted by Crippen LogP contribution is -2.35. The molecule has 0 aromatic heterocycles. The average Bonchev–Trinajstić information content (AvgIpc) is 2.78. The molecule has 32 heavy (non-hydrogen) atoms. The van der Waals surface area contributed by atoms with Gasteiger partial charge in [-0.05, 0) is 48.8 Å². The van der Waals surface area contributed by atoms with Crippen molar-refractivity contribution in [2.75, 3.05) is 0 Å². The minimum atomic E-state index is -0.486. The smallest absolute Gasteiger partial charge is 0.261 e. The molecular formula is C28H35N3O. The van der Waals surface area contributed by atoms with E-state index in [1.165, 1.54) is 12.0 Å². The SMILES string of the molecule is CC1=CCCC(C)(C)C1/C=C(C)/C=N/NC(=O)C(NCc1ccccc1)c1ccccc1. The van der Waals surface area contributed by atoms with Gasteiger partial charge in [0.05, 0.1) is 0 Å². The standard InChI is InChI=1S/C28H35N3O/c1-21(18-25-22(2)12-11-17-28(25,3)4)19-30-31-27(32)26(24-15-9-6-10-16-24)29-20-23-13-7-5-8-14-23/h5-10,12-16,18-19,25-26,29H,11,17,20H2,1-4H3,(H,31,32)/b21-18+,30-19+. The van der Waals surface area contributed by atoms with Gasteiger partial charge in [0.2, 0.25) is 0 Å². The lowest BCUT2D eigenvalue weighted by atomic mass is 9.68. The largest absolute Gasteiger partial charge is 0.298 e. The van der Waals surface area contributed by atoms with Crippen LogP contribution in [0.4, 0.5) is 0 Å². The summed E-state index contributed by atoms with van der Waals surface area (Å²) < 4.78 is 0. The highest BCUT2D eigenvalue weighted by Gasteiger charge is 2.31. The zero-order chi connectivity index (χ0) is 23.0. The summed E-state index contributed by atoms with van der Waals surface area (Å²) in [5.41, 5.74) is 7.46. The third kappa shape index (κ3) is 6.51. The van der Waals surface area contributed by atoms with Crippen molar-refractivity contribution in [1.29, 1.82) is 0 Å². The van der Waals surface area contributed by atoms with Crippen LogP contribution in [-0.4, -0.2) is 12.1 Å². The molecular weight excluding hydrogens is 394 g/mol. The Bertz CT molecular complexity index is 974. The van der Waals surface area contributed by atoms with Gasteiger partial charge in [0.15, 0.2) is 0 Å². The highest BCUT2D eigenvalue weighted by atomic mass is 16.2. The Balaban J connectivity index is 1.67. The van der Waals surface area contributed by atoms with Crippen LogP contribution in [-0.2, 0) is 11.3 Å². The second kappa shape index (κ2) is 11.1. The molecule has 0 bridgehead atoms. The molecule has 168 valence electrons. The van der Waals surface area contributed by atoms with Gasteiger partial charge in [-0.3, -0.25) is 10.1 Å². The van der Waals surface area contributed by atoms with Crippen LogP contribution in [0.3, 0.4) is 0 Å². The maximum atomic E-state index is 13.0. The average molecular weight is 430 g/mol. The predicted octanol–water partition coefficient (Wildman–Crippen LogP) is 5.95. The van der Waals surface area contributed by atoms with Crippen molar-refractivity contribution >= 4 is 12.1 Å². The number of hydrogen-bond acceptors (Lipinski definition) is 3. The zero-order valence-electron chi connectivity index (χ0n) is 19.6. The Morgan fingerprint density at radius 2 is 1.78 bits per heavy atom. The molecule has 0 saturated carbocycles. The first-order valence-corrected chi connectivity index (χ1v) is 11.4. The quantitative estimate of drug-likeness (QED) is 0.310. The van der Waals surface area contributed by atoms with E-state index in [-0.39, 0.29) is 11.3 Å². The lowest BCUT2D eigenvalue weighted by Gasteiger charge is -2.37. The number of allylic oxidation sites excluding steroid dienone is 4. The van der Waals surface area contributed by atoms with Crippen molar-refractivity contribution in [2.45, 2.75) is 53.1 Å². The molecule has 0 heterocycles. The van der Waals surface area contributed by atoms with Crippen molar-refractivity contribution in [3.05, 3.63) is 95.1 Å². The molecule has 0 spiro atoms. The van der Waals surface area contributed by atoms with Gasteiger partial charge in [-0.15, -0.1) is 0 Å². The van der Waals surface area contributed by atoms with Gasteiger partial charge in [-0.2, -0.15) is 5.10 Å². The van der Waals surface area contributed by atoms with Crippen LogP contribution < -0.4 is 10.7 Å². The second-order valence-corrected chi connectivity index (χ2v) is 9.31. The monoisotopic (exact) mass is 429 g/mol. The van der Waals surface area contributed by atoms with Gasteiger partial charge >= 0.3 is 0 Å². The molecule has 2 aromatic rings. The molecule has 2 N–H and O–H groups in total. The van der Waals surface area contributed by atoms with E-state index in [4.69, 9.17) is 0 Å². The molecule has 0 fully saturated rings. The maximum absolute atomic E-state index is 13.0. The summed E-state index contributed by atoms with van der Waals surface area (Å²) in [5, 5.41) is 7.62. The minimum Gasteiger partial charge on any atom is -0.298 e. The molecule has 4 nitrogen and oxygen atoms in total. The van der Waals surface area contributed by atoms with Crippen LogP contribution in [0.15, 0.2) is 89.1 Å². The Morgan fingerprint density at radius 3 is 2.44 bits per heavy atom. The normalized spacial score (nSPS) is 19.4. The number of carbonyl (C=O) groups is 1. The molecule has 2 atom stereocenters. The molecule has 2 unspecified atom stereocenters. The fourth-order valence-corrected chi connectivity index (χ4v) is 4.32. The first-order chi connectivity index (χ1) is 15.4. The number of hydrazone groups is 1. The van der Waals surface area contributed by atoms with E-state index >= 15 is 0 Å². The molecule has 2 aromatic carbocycles. The summed E-state index contributed by atoms with van der Waals surface area (Å²) >= 11 is 0. The maximum Gasteiger partial charge on any atom is 0.261 e. The van der Waals surface area contributed by atoms with E-state index in [2.05, 4.69) is 48.8 Å². The van der Waals surface area contributed by atoms with Gasteiger partial charge in [-0.25, -0.2) is 5.43 Å². The number of nitrogens with one attached hydrogen (secondary N) is 2. The topological polar surface area (TPSA) is 53.5 Å². The zero-order valence-corrected chi connectivity index (χ0v) is 19.6. The van der Waals surface area contributed by atoms with Crippen molar-refractivity contribution in [3.8, 4) is 0 Å². The number of benzene rings is 2. The Kier molecular flexibility index (Phi) is 8.18. The van der Waals surface area contributed by atoms with E-state index in [0.717, 1.165) is 23.1 Å². The number of amides is 1. The molecule has 1 aliphatic carbocycles.